The van der Waals surface area contributed by atoms with Gasteiger partial charge in [-0.25, -0.2) is 0 Å². The molecule has 3 aromatic carbocycles. The lowest BCUT2D eigenvalue weighted by Crippen LogP contribution is -2.63. The maximum Gasteiger partial charge on any atom is 0.312 e. The molecule has 0 radical (unpaired) electrons. The Balaban J connectivity index is 1.60. The largest absolute Gasteiger partial charge is 0.497 e. The van der Waals surface area contributed by atoms with E-state index in [1.165, 1.54) is 59.0 Å². The Morgan fingerprint density at radius 1 is 0.741 bits per heavy atom. The van der Waals surface area contributed by atoms with Crippen LogP contribution in [-0.4, -0.2) is 133 Å². The SMILES string of the molecule is COc1ccc(C[C@H]2[C@@H](C)NC(=O)C(=O)N(C)[C@H]3Cc4ccc(cc4)Oc4cc(ccc4OC)C[C@@H](C(=O)N[C@H](C)C(=O)NC([C@H](C)O)C(=O)N2C)N(C)C3=O)cc1. The van der Waals surface area contributed by atoms with Gasteiger partial charge < -0.3 is 50.0 Å². The molecule has 310 valence electrons. The van der Waals surface area contributed by atoms with E-state index in [9.17, 15) is 33.9 Å². The van der Waals surface area contributed by atoms with Crippen LogP contribution in [0.4, 0.5) is 0 Å². The number of methoxy groups -OCH3 is 2. The lowest BCUT2D eigenvalue weighted by molar-refractivity contribution is -0.152. The van der Waals surface area contributed by atoms with Gasteiger partial charge in [0.05, 0.1) is 26.4 Å². The number of likely N-dealkylation sites (N-methyl/N-ethyl adjacent to an activating group) is 3. The maximum absolute atomic E-state index is 14.7. The third-order valence-corrected chi connectivity index (χ3v) is 10.8. The first-order valence-electron chi connectivity index (χ1n) is 19.0. The summed E-state index contributed by atoms with van der Waals surface area (Å²) in [6.45, 7) is 4.40. The standard InChI is InChI=1S/C42H52N6O10/c1-23-31(19-26-9-14-29(56-7)15-10-26)46(4)41(54)36(25(3)49)45-37(50)24(2)44-38(51)32-21-28-13-18-34(57-8)35(22-28)58-30-16-11-27(12-17-30)20-33(40(53)47(32)5)48(6)42(55)39(52)43-23/h9-18,22-25,31-33,36,49H,19-21H2,1-8H3,(H,43,52)(H,44,51)(H,45,50)/t23-,24-,25+,31+,32+,33+,36?/m1/s1. The molecule has 0 saturated carbocycles. The summed E-state index contributed by atoms with van der Waals surface area (Å²) < 4.78 is 17.0. The number of nitrogens with one attached hydrogen (secondary N) is 3. The Morgan fingerprint density at radius 2 is 1.38 bits per heavy atom. The number of benzene rings is 3. The number of hydrogen-bond donors (Lipinski definition) is 4. The average molecular weight is 801 g/mol. The molecular formula is C42H52N6O10. The lowest BCUT2D eigenvalue weighted by atomic mass is 9.97. The molecule has 58 heavy (non-hydrogen) atoms. The predicted octanol–water partition coefficient (Wildman–Crippen LogP) is 1.21. The van der Waals surface area contributed by atoms with Gasteiger partial charge in [0.2, 0.25) is 23.6 Å². The van der Waals surface area contributed by atoms with Crippen LogP contribution in [0.15, 0.2) is 66.7 Å². The van der Waals surface area contributed by atoms with Crippen molar-refractivity contribution in [3.63, 3.8) is 0 Å². The molecule has 0 aromatic heterocycles. The van der Waals surface area contributed by atoms with E-state index >= 15 is 0 Å². The van der Waals surface area contributed by atoms with Gasteiger partial charge in [0.15, 0.2) is 11.5 Å². The third kappa shape index (κ3) is 9.68. The van der Waals surface area contributed by atoms with Crippen molar-refractivity contribution in [3.05, 3.63) is 83.4 Å². The number of rotatable bonds is 5. The summed E-state index contributed by atoms with van der Waals surface area (Å²) in [5.41, 5.74) is 1.97. The number of ether oxygens (including phenoxy) is 3. The molecule has 3 heterocycles. The first-order valence-corrected chi connectivity index (χ1v) is 19.0. The van der Waals surface area contributed by atoms with E-state index in [2.05, 4.69) is 16.0 Å². The Kier molecular flexibility index (Phi) is 13.6. The first-order chi connectivity index (χ1) is 27.5. The van der Waals surface area contributed by atoms with Crippen molar-refractivity contribution in [3.8, 4) is 23.0 Å². The van der Waals surface area contributed by atoms with Crippen LogP contribution in [0.3, 0.4) is 0 Å². The number of hydrogen-bond acceptors (Lipinski definition) is 10. The minimum atomic E-state index is -1.46. The van der Waals surface area contributed by atoms with Gasteiger partial charge in [-0.05, 0) is 80.3 Å². The summed E-state index contributed by atoms with van der Waals surface area (Å²) in [5.74, 6) is -3.01. The van der Waals surface area contributed by atoms with Crippen LogP contribution in [0, 0.1) is 0 Å². The van der Waals surface area contributed by atoms with Crippen LogP contribution in [0.1, 0.15) is 37.5 Å². The summed E-state index contributed by atoms with van der Waals surface area (Å²) in [4.78, 5) is 88.2. The topological polar surface area (TPSA) is 196 Å². The Labute approximate surface area is 337 Å². The van der Waals surface area contributed by atoms with E-state index in [0.717, 1.165) is 10.5 Å². The molecule has 0 spiro atoms. The van der Waals surface area contributed by atoms with Gasteiger partial charge in [0.25, 0.3) is 0 Å². The monoisotopic (exact) mass is 800 g/mol. The average Bonchev–Trinajstić information content (AvgIpc) is 3.21. The van der Waals surface area contributed by atoms with Crippen LogP contribution in [0.5, 0.6) is 23.0 Å². The number of fused-ring (bicyclic) bond motifs is 2. The molecule has 0 aliphatic carbocycles. The molecule has 4 N–H and O–H groups in total. The molecule has 7 atom stereocenters. The minimum absolute atomic E-state index is 0.0334. The molecule has 3 aromatic rings. The Morgan fingerprint density at radius 3 is 2.00 bits per heavy atom. The van der Waals surface area contributed by atoms with E-state index in [1.807, 2.05) is 0 Å². The van der Waals surface area contributed by atoms with Crippen molar-refractivity contribution < 1.29 is 48.1 Å². The fourth-order valence-corrected chi connectivity index (χ4v) is 7.12. The molecular weight excluding hydrogens is 748 g/mol. The molecule has 3 aliphatic rings. The normalized spacial score (nSPS) is 24.5. The van der Waals surface area contributed by atoms with Crippen LogP contribution < -0.4 is 30.2 Å². The van der Waals surface area contributed by atoms with Crippen molar-refractivity contribution in [2.75, 3.05) is 35.4 Å². The van der Waals surface area contributed by atoms with Crippen molar-refractivity contribution in [1.29, 1.82) is 0 Å². The number of aliphatic hydroxyl groups excluding tert-OH is 1. The summed E-state index contributed by atoms with van der Waals surface area (Å²) in [6.07, 6.45) is -1.28. The van der Waals surface area contributed by atoms with Crippen molar-refractivity contribution in [2.24, 2.45) is 0 Å². The second-order valence-corrected chi connectivity index (χ2v) is 14.8. The van der Waals surface area contributed by atoms with E-state index in [0.29, 0.717) is 34.1 Å². The van der Waals surface area contributed by atoms with Gasteiger partial charge in [-0.2, -0.15) is 0 Å². The van der Waals surface area contributed by atoms with Gasteiger partial charge in [-0.3, -0.25) is 28.8 Å². The Hall–Kier alpha value is -6.16. The number of carbonyl (C=O) groups excluding carboxylic acids is 6. The molecule has 6 amide bonds. The quantitative estimate of drug-likeness (QED) is 0.273. The van der Waals surface area contributed by atoms with Crippen molar-refractivity contribution >= 4 is 35.4 Å². The number of carbonyl (C=O) groups is 6. The van der Waals surface area contributed by atoms with Crippen LogP contribution in [0.25, 0.3) is 0 Å². The molecule has 3 aliphatic heterocycles. The highest BCUT2D eigenvalue weighted by Gasteiger charge is 2.40. The van der Waals surface area contributed by atoms with E-state index < -0.39 is 77.8 Å². The maximum atomic E-state index is 14.7. The highest BCUT2D eigenvalue weighted by molar-refractivity contribution is 6.35. The molecule has 6 bridgehead atoms. The number of nitrogens with zero attached hydrogens (tertiary/aromatic N) is 3. The van der Waals surface area contributed by atoms with Crippen LogP contribution >= 0.6 is 0 Å². The summed E-state index contributed by atoms with van der Waals surface area (Å²) in [6, 6.07) is 12.2. The fraction of sp³-hybridized carbons (Fsp3) is 0.429. The lowest BCUT2D eigenvalue weighted by Gasteiger charge is -2.38. The summed E-state index contributed by atoms with van der Waals surface area (Å²) in [5, 5.41) is 18.8. The summed E-state index contributed by atoms with van der Waals surface area (Å²) in [7, 11) is 7.26. The van der Waals surface area contributed by atoms with Crippen molar-refractivity contribution in [2.45, 2.75) is 82.4 Å². The zero-order chi connectivity index (χ0) is 42.4. The minimum Gasteiger partial charge on any atom is -0.497 e. The molecule has 16 heteroatoms. The molecule has 1 saturated heterocycles. The first kappa shape index (κ1) is 43.0. The fourth-order valence-electron chi connectivity index (χ4n) is 7.12. The van der Waals surface area contributed by atoms with Gasteiger partial charge in [-0.15, -0.1) is 0 Å². The zero-order valence-electron chi connectivity index (χ0n) is 34.0. The molecule has 1 unspecified atom stereocenters. The van der Waals surface area contributed by atoms with Gasteiger partial charge >= 0.3 is 11.8 Å². The van der Waals surface area contributed by atoms with Crippen LogP contribution in [0.2, 0.25) is 0 Å². The molecule has 6 rings (SSSR count). The third-order valence-electron chi connectivity index (χ3n) is 10.8. The van der Waals surface area contributed by atoms with Gasteiger partial charge in [0.1, 0.15) is 35.7 Å². The van der Waals surface area contributed by atoms with E-state index in [-0.39, 0.29) is 19.3 Å². The summed E-state index contributed by atoms with van der Waals surface area (Å²) >= 11 is 0. The predicted molar refractivity (Wildman–Crippen MR) is 212 cm³/mol. The molecule has 16 nitrogen and oxygen atoms in total. The number of amides is 6. The van der Waals surface area contributed by atoms with Crippen molar-refractivity contribution in [1.82, 2.24) is 30.7 Å². The second kappa shape index (κ2) is 18.4. The second-order valence-electron chi connectivity index (χ2n) is 14.8. The highest BCUT2D eigenvalue weighted by atomic mass is 16.5. The zero-order valence-corrected chi connectivity index (χ0v) is 34.0. The smallest absolute Gasteiger partial charge is 0.312 e. The molecule has 1 fully saturated rings. The van der Waals surface area contributed by atoms with Crippen LogP contribution in [-0.2, 0) is 48.0 Å². The van der Waals surface area contributed by atoms with Gasteiger partial charge in [0, 0.05) is 40.0 Å². The Bertz CT molecular complexity index is 2010. The highest BCUT2D eigenvalue weighted by Crippen LogP contribution is 2.34. The van der Waals surface area contributed by atoms with E-state index in [1.54, 1.807) is 73.7 Å². The van der Waals surface area contributed by atoms with E-state index in [4.69, 9.17) is 14.2 Å². The number of aliphatic hydroxyl groups is 1. The van der Waals surface area contributed by atoms with Gasteiger partial charge in [-0.1, -0.05) is 30.3 Å².